The van der Waals surface area contributed by atoms with Gasteiger partial charge in [-0.1, -0.05) is 6.92 Å². The van der Waals surface area contributed by atoms with Crippen molar-refractivity contribution in [3.8, 4) is 0 Å². The molecule has 3 heteroatoms. The Morgan fingerprint density at radius 2 is 2.17 bits per heavy atom. The molecule has 2 atom stereocenters. The molecule has 0 heterocycles. The van der Waals surface area contributed by atoms with Crippen LogP contribution in [-0.2, 0) is 0 Å². The standard InChI is InChI=1S/C9H19NO2/c1-2-9(12,7-3-4-7)5-8(11)6-10/h7-8,11-12H,2-6,10H2,1H3/t8-,9+/m0/s1. The van der Waals surface area contributed by atoms with Crippen LogP contribution in [0.15, 0.2) is 0 Å². The van der Waals surface area contributed by atoms with Crippen LogP contribution in [0, 0.1) is 5.92 Å². The summed E-state index contributed by atoms with van der Waals surface area (Å²) in [6, 6.07) is 0. The summed E-state index contributed by atoms with van der Waals surface area (Å²) in [5.74, 6) is 0.406. The zero-order chi connectivity index (χ0) is 9.19. The van der Waals surface area contributed by atoms with Gasteiger partial charge in [-0.2, -0.15) is 0 Å². The molecule has 1 saturated carbocycles. The Morgan fingerprint density at radius 3 is 2.50 bits per heavy atom. The molecule has 0 aromatic rings. The number of rotatable bonds is 5. The van der Waals surface area contributed by atoms with Crippen molar-refractivity contribution in [1.29, 1.82) is 0 Å². The fourth-order valence-electron chi connectivity index (χ4n) is 1.71. The topological polar surface area (TPSA) is 66.5 Å². The highest BCUT2D eigenvalue weighted by Gasteiger charge is 2.43. The van der Waals surface area contributed by atoms with Crippen LogP contribution in [-0.4, -0.2) is 28.5 Å². The predicted octanol–water partition coefficient (Wildman–Crippen LogP) is 0.247. The second-order valence-electron chi connectivity index (χ2n) is 3.83. The lowest BCUT2D eigenvalue weighted by Crippen LogP contribution is -2.37. The maximum absolute atomic E-state index is 10.0. The first kappa shape index (κ1) is 9.96. The maximum atomic E-state index is 10.0. The van der Waals surface area contributed by atoms with E-state index in [4.69, 9.17) is 5.73 Å². The van der Waals surface area contributed by atoms with Crippen LogP contribution in [0.5, 0.6) is 0 Å². The molecule has 1 aliphatic carbocycles. The Labute approximate surface area is 73.6 Å². The van der Waals surface area contributed by atoms with Crippen LogP contribution < -0.4 is 5.73 Å². The molecule has 1 aliphatic rings. The summed E-state index contributed by atoms with van der Waals surface area (Å²) < 4.78 is 0. The van der Waals surface area contributed by atoms with Crippen molar-refractivity contribution in [2.75, 3.05) is 6.54 Å². The van der Waals surface area contributed by atoms with Gasteiger partial charge in [0.2, 0.25) is 0 Å². The smallest absolute Gasteiger partial charge is 0.0698 e. The summed E-state index contributed by atoms with van der Waals surface area (Å²) in [6.07, 6.45) is 2.80. The van der Waals surface area contributed by atoms with Crippen LogP contribution in [0.3, 0.4) is 0 Å². The van der Waals surface area contributed by atoms with Crippen molar-refractivity contribution >= 4 is 0 Å². The van der Waals surface area contributed by atoms with E-state index in [2.05, 4.69) is 0 Å². The van der Waals surface area contributed by atoms with E-state index < -0.39 is 11.7 Å². The minimum atomic E-state index is -0.654. The van der Waals surface area contributed by atoms with Gasteiger partial charge in [0.25, 0.3) is 0 Å². The summed E-state index contributed by atoms with van der Waals surface area (Å²) in [7, 11) is 0. The molecular formula is C9H19NO2. The van der Waals surface area contributed by atoms with Crippen molar-refractivity contribution in [3.05, 3.63) is 0 Å². The highest BCUT2D eigenvalue weighted by molar-refractivity contribution is 4.95. The first-order chi connectivity index (χ1) is 5.62. The third-order valence-electron chi connectivity index (χ3n) is 2.81. The SMILES string of the molecule is CC[C@@](O)(C[C@H](O)CN)C1CC1. The zero-order valence-electron chi connectivity index (χ0n) is 7.66. The second kappa shape index (κ2) is 3.73. The predicted molar refractivity (Wildman–Crippen MR) is 47.6 cm³/mol. The molecule has 0 aromatic heterocycles. The minimum Gasteiger partial charge on any atom is -0.392 e. The average Bonchev–Trinajstić information content (AvgIpc) is 2.86. The fourth-order valence-corrected chi connectivity index (χ4v) is 1.71. The number of aliphatic hydroxyl groups excluding tert-OH is 1. The lowest BCUT2D eigenvalue weighted by atomic mass is 9.88. The molecule has 0 aromatic carbocycles. The largest absolute Gasteiger partial charge is 0.392 e. The van der Waals surface area contributed by atoms with Crippen molar-refractivity contribution in [2.24, 2.45) is 11.7 Å². The summed E-state index contributed by atoms with van der Waals surface area (Å²) in [5.41, 5.74) is 4.64. The van der Waals surface area contributed by atoms with Crippen LogP contribution >= 0.6 is 0 Å². The zero-order valence-corrected chi connectivity index (χ0v) is 7.66. The van der Waals surface area contributed by atoms with E-state index in [1.807, 2.05) is 6.92 Å². The minimum absolute atomic E-state index is 0.245. The van der Waals surface area contributed by atoms with Crippen LogP contribution in [0.2, 0.25) is 0 Å². The molecule has 4 N–H and O–H groups in total. The van der Waals surface area contributed by atoms with E-state index in [9.17, 15) is 10.2 Å². The number of nitrogens with two attached hydrogens (primary N) is 1. The third-order valence-corrected chi connectivity index (χ3v) is 2.81. The Kier molecular flexibility index (Phi) is 3.09. The van der Waals surface area contributed by atoms with Crippen LogP contribution in [0.25, 0.3) is 0 Å². The monoisotopic (exact) mass is 173 g/mol. The second-order valence-corrected chi connectivity index (χ2v) is 3.83. The first-order valence-electron chi connectivity index (χ1n) is 4.73. The molecule has 0 aliphatic heterocycles. The van der Waals surface area contributed by atoms with Gasteiger partial charge in [-0.05, 0) is 25.2 Å². The van der Waals surface area contributed by atoms with Crippen molar-refractivity contribution < 1.29 is 10.2 Å². The molecule has 12 heavy (non-hydrogen) atoms. The van der Waals surface area contributed by atoms with E-state index in [1.54, 1.807) is 0 Å². The third kappa shape index (κ3) is 2.19. The Hall–Kier alpha value is -0.120. The van der Waals surface area contributed by atoms with Gasteiger partial charge in [0.05, 0.1) is 11.7 Å². The van der Waals surface area contributed by atoms with E-state index in [1.165, 1.54) is 0 Å². The van der Waals surface area contributed by atoms with Gasteiger partial charge >= 0.3 is 0 Å². The van der Waals surface area contributed by atoms with Crippen LogP contribution in [0.1, 0.15) is 32.6 Å². The van der Waals surface area contributed by atoms with E-state index in [-0.39, 0.29) is 6.54 Å². The van der Waals surface area contributed by atoms with Gasteiger partial charge in [0.1, 0.15) is 0 Å². The number of aliphatic hydroxyl groups is 2. The molecule has 1 fully saturated rings. The molecule has 0 spiro atoms. The molecule has 0 radical (unpaired) electrons. The quantitative estimate of drug-likeness (QED) is 0.558. The first-order valence-corrected chi connectivity index (χ1v) is 4.73. The molecule has 0 amide bonds. The molecule has 0 bridgehead atoms. The Morgan fingerprint density at radius 1 is 1.58 bits per heavy atom. The highest BCUT2D eigenvalue weighted by atomic mass is 16.3. The summed E-state index contributed by atoms with van der Waals surface area (Å²) in [4.78, 5) is 0. The number of hydrogen-bond donors (Lipinski definition) is 3. The van der Waals surface area contributed by atoms with Gasteiger partial charge in [-0.3, -0.25) is 0 Å². The van der Waals surface area contributed by atoms with Crippen molar-refractivity contribution in [2.45, 2.75) is 44.3 Å². The normalized spacial score (nSPS) is 25.0. The van der Waals surface area contributed by atoms with Gasteiger partial charge < -0.3 is 15.9 Å². The molecule has 0 unspecified atom stereocenters. The van der Waals surface area contributed by atoms with Gasteiger partial charge in [0, 0.05) is 13.0 Å². The van der Waals surface area contributed by atoms with E-state index in [0.29, 0.717) is 18.8 Å². The van der Waals surface area contributed by atoms with Gasteiger partial charge in [0.15, 0.2) is 0 Å². The highest BCUT2D eigenvalue weighted by Crippen LogP contribution is 2.43. The lowest BCUT2D eigenvalue weighted by molar-refractivity contribution is -0.0292. The lowest BCUT2D eigenvalue weighted by Gasteiger charge is -2.28. The fraction of sp³-hybridized carbons (Fsp3) is 1.00. The molecule has 72 valence electrons. The van der Waals surface area contributed by atoms with E-state index >= 15 is 0 Å². The van der Waals surface area contributed by atoms with Crippen LogP contribution in [0.4, 0.5) is 0 Å². The molecule has 0 saturated heterocycles. The molecule has 1 rings (SSSR count). The average molecular weight is 173 g/mol. The summed E-state index contributed by atoms with van der Waals surface area (Å²) >= 11 is 0. The Balaban J connectivity index is 2.42. The summed E-state index contributed by atoms with van der Waals surface area (Å²) in [5, 5.41) is 19.4. The molecule has 3 nitrogen and oxygen atoms in total. The van der Waals surface area contributed by atoms with Crippen molar-refractivity contribution in [1.82, 2.24) is 0 Å². The Bertz CT molecular complexity index is 147. The van der Waals surface area contributed by atoms with E-state index in [0.717, 1.165) is 12.8 Å². The van der Waals surface area contributed by atoms with Crippen molar-refractivity contribution in [3.63, 3.8) is 0 Å². The summed E-state index contributed by atoms with van der Waals surface area (Å²) in [6.45, 7) is 2.20. The number of hydrogen-bond acceptors (Lipinski definition) is 3. The van der Waals surface area contributed by atoms with Gasteiger partial charge in [-0.25, -0.2) is 0 Å². The molecular weight excluding hydrogens is 154 g/mol. The maximum Gasteiger partial charge on any atom is 0.0698 e. The van der Waals surface area contributed by atoms with Gasteiger partial charge in [-0.15, -0.1) is 0 Å².